The third-order valence-corrected chi connectivity index (χ3v) is 3.94. The number of hydrogen-bond acceptors (Lipinski definition) is 4. The molecule has 1 aromatic rings. The van der Waals surface area contributed by atoms with Gasteiger partial charge in [-0.3, -0.25) is 9.88 Å². The average molecular weight is 291 g/mol. The summed E-state index contributed by atoms with van der Waals surface area (Å²) in [6, 6.07) is 4.33. The molecule has 2 heterocycles. The maximum atomic E-state index is 5.57. The number of ether oxygens (including phenoxy) is 1. The van der Waals surface area contributed by atoms with Crippen molar-refractivity contribution in [3.05, 3.63) is 29.6 Å². The molecule has 0 spiro atoms. The molecule has 2 rings (SSSR count). The quantitative estimate of drug-likeness (QED) is 0.873. The molecular formula is C17H29N3O. The van der Waals surface area contributed by atoms with Crippen molar-refractivity contribution in [1.29, 1.82) is 0 Å². The Labute approximate surface area is 128 Å². The molecule has 0 aromatic carbocycles. The van der Waals surface area contributed by atoms with E-state index in [-0.39, 0.29) is 5.54 Å². The van der Waals surface area contributed by atoms with Crippen LogP contribution in [-0.2, 0) is 17.8 Å². The van der Waals surface area contributed by atoms with E-state index in [0.717, 1.165) is 45.1 Å². The van der Waals surface area contributed by atoms with Crippen LogP contribution >= 0.6 is 0 Å². The highest BCUT2D eigenvalue weighted by Crippen LogP contribution is 2.21. The van der Waals surface area contributed by atoms with Gasteiger partial charge in [0.25, 0.3) is 0 Å². The highest BCUT2D eigenvalue weighted by Gasteiger charge is 2.30. The van der Waals surface area contributed by atoms with Gasteiger partial charge in [-0.15, -0.1) is 0 Å². The summed E-state index contributed by atoms with van der Waals surface area (Å²) in [6.45, 7) is 14.3. The Morgan fingerprint density at radius 2 is 2.19 bits per heavy atom. The van der Waals surface area contributed by atoms with E-state index in [1.807, 2.05) is 6.20 Å². The van der Waals surface area contributed by atoms with Crippen LogP contribution < -0.4 is 5.32 Å². The lowest BCUT2D eigenvalue weighted by molar-refractivity contribution is -0.0557. The van der Waals surface area contributed by atoms with Crippen LogP contribution in [0.15, 0.2) is 18.3 Å². The van der Waals surface area contributed by atoms with Crippen LogP contribution in [0.4, 0.5) is 0 Å². The molecule has 4 heteroatoms. The molecular weight excluding hydrogens is 262 g/mol. The number of aromatic nitrogens is 1. The summed E-state index contributed by atoms with van der Waals surface area (Å²) in [5.74, 6) is 0.681. The first-order valence-corrected chi connectivity index (χ1v) is 7.95. The van der Waals surface area contributed by atoms with Crippen molar-refractivity contribution in [3.8, 4) is 0 Å². The Kier molecular flexibility index (Phi) is 5.73. The zero-order chi connectivity index (χ0) is 15.3. The van der Waals surface area contributed by atoms with Crippen molar-refractivity contribution in [2.45, 2.75) is 46.3 Å². The highest BCUT2D eigenvalue weighted by atomic mass is 16.5. The average Bonchev–Trinajstić information content (AvgIpc) is 2.42. The molecule has 1 aliphatic rings. The fourth-order valence-electron chi connectivity index (χ4n) is 2.54. The second-order valence-corrected chi connectivity index (χ2v) is 6.97. The van der Waals surface area contributed by atoms with Crippen LogP contribution in [0.25, 0.3) is 0 Å². The highest BCUT2D eigenvalue weighted by molar-refractivity contribution is 5.14. The minimum absolute atomic E-state index is 0.0947. The van der Waals surface area contributed by atoms with E-state index >= 15 is 0 Å². The summed E-state index contributed by atoms with van der Waals surface area (Å²) in [5.41, 5.74) is 2.48. The van der Waals surface area contributed by atoms with Crippen LogP contribution in [0.2, 0.25) is 0 Å². The van der Waals surface area contributed by atoms with Crippen molar-refractivity contribution in [3.63, 3.8) is 0 Å². The summed E-state index contributed by atoms with van der Waals surface area (Å²) < 4.78 is 5.57. The van der Waals surface area contributed by atoms with Gasteiger partial charge in [0, 0.05) is 31.4 Å². The first kappa shape index (κ1) is 16.4. The Hall–Kier alpha value is -0.970. The number of pyridine rings is 1. The van der Waals surface area contributed by atoms with E-state index in [1.165, 1.54) is 5.56 Å². The molecule has 21 heavy (non-hydrogen) atoms. The number of rotatable bonds is 6. The van der Waals surface area contributed by atoms with E-state index in [4.69, 9.17) is 4.74 Å². The van der Waals surface area contributed by atoms with Crippen LogP contribution in [0.3, 0.4) is 0 Å². The maximum Gasteiger partial charge on any atom is 0.0645 e. The lowest BCUT2D eigenvalue weighted by Gasteiger charge is -2.41. The van der Waals surface area contributed by atoms with Crippen molar-refractivity contribution >= 4 is 0 Å². The standard InChI is InChI=1S/C17H29N3O/c1-14(2)9-18-10-15-5-6-16(19-11-15)12-20-7-8-21-13-17(20,3)4/h5-6,11,14,18H,7-10,12-13H2,1-4H3. The van der Waals surface area contributed by atoms with E-state index in [2.05, 4.69) is 55.0 Å². The second-order valence-electron chi connectivity index (χ2n) is 6.97. The molecule has 1 aliphatic heterocycles. The molecule has 0 radical (unpaired) electrons. The molecule has 118 valence electrons. The summed E-state index contributed by atoms with van der Waals surface area (Å²) in [6.07, 6.45) is 2.00. The van der Waals surface area contributed by atoms with Crippen molar-refractivity contribution in [2.75, 3.05) is 26.3 Å². The second kappa shape index (κ2) is 7.34. The molecule has 0 saturated carbocycles. The first-order valence-electron chi connectivity index (χ1n) is 7.95. The Balaban J connectivity index is 1.87. The van der Waals surface area contributed by atoms with Gasteiger partial charge in [-0.2, -0.15) is 0 Å². The molecule has 4 nitrogen and oxygen atoms in total. The van der Waals surface area contributed by atoms with E-state index in [0.29, 0.717) is 5.92 Å². The van der Waals surface area contributed by atoms with Crippen molar-refractivity contribution in [2.24, 2.45) is 5.92 Å². The Morgan fingerprint density at radius 1 is 1.38 bits per heavy atom. The van der Waals surface area contributed by atoms with Gasteiger partial charge in [0.1, 0.15) is 0 Å². The van der Waals surface area contributed by atoms with Gasteiger partial charge in [0.2, 0.25) is 0 Å². The van der Waals surface area contributed by atoms with Crippen LogP contribution in [0.1, 0.15) is 39.0 Å². The number of nitrogens with zero attached hydrogens (tertiary/aromatic N) is 2. The molecule has 0 amide bonds. The van der Waals surface area contributed by atoms with Crippen molar-refractivity contribution < 1.29 is 4.74 Å². The van der Waals surface area contributed by atoms with Crippen molar-refractivity contribution in [1.82, 2.24) is 15.2 Å². The fourth-order valence-corrected chi connectivity index (χ4v) is 2.54. The van der Waals surface area contributed by atoms with Gasteiger partial charge in [0.15, 0.2) is 0 Å². The zero-order valence-electron chi connectivity index (χ0n) is 13.9. The molecule has 0 unspecified atom stereocenters. The number of nitrogens with one attached hydrogen (secondary N) is 1. The minimum atomic E-state index is 0.0947. The number of morpholine rings is 1. The third-order valence-electron chi connectivity index (χ3n) is 3.94. The van der Waals surface area contributed by atoms with Gasteiger partial charge in [0.05, 0.1) is 18.9 Å². The molecule has 0 atom stereocenters. The summed E-state index contributed by atoms with van der Waals surface area (Å²) in [4.78, 5) is 7.07. The third kappa shape index (κ3) is 5.06. The lowest BCUT2D eigenvalue weighted by atomic mass is 10.0. The number of hydrogen-bond donors (Lipinski definition) is 1. The summed E-state index contributed by atoms with van der Waals surface area (Å²) in [7, 11) is 0. The zero-order valence-corrected chi connectivity index (χ0v) is 13.9. The van der Waals surface area contributed by atoms with Gasteiger partial charge < -0.3 is 10.1 Å². The minimum Gasteiger partial charge on any atom is -0.378 e. The molecule has 0 aliphatic carbocycles. The van der Waals surface area contributed by atoms with Crippen LogP contribution in [0, 0.1) is 5.92 Å². The van der Waals surface area contributed by atoms with Crippen LogP contribution in [-0.4, -0.2) is 41.7 Å². The van der Waals surface area contributed by atoms with Gasteiger partial charge in [-0.05, 0) is 37.9 Å². The van der Waals surface area contributed by atoms with Gasteiger partial charge >= 0.3 is 0 Å². The van der Waals surface area contributed by atoms with Gasteiger partial charge in [-0.1, -0.05) is 19.9 Å². The monoisotopic (exact) mass is 291 g/mol. The Bertz CT molecular complexity index is 428. The Morgan fingerprint density at radius 3 is 2.81 bits per heavy atom. The smallest absolute Gasteiger partial charge is 0.0645 e. The lowest BCUT2D eigenvalue weighted by Crippen LogP contribution is -2.52. The summed E-state index contributed by atoms with van der Waals surface area (Å²) >= 11 is 0. The first-order chi connectivity index (χ1) is 9.97. The topological polar surface area (TPSA) is 37.4 Å². The van der Waals surface area contributed by atoms with Gasteiger partial charge in [-0.25, -0.2) is 0 Å². The van der Waals surface area contributed by atoms with E-state index in [9.17, 15) is 0 Å². The maximum absolute atomic E-state index is 5.57. The predicted octanol–water partition coefficient (Wildman–Crippen LogP) is 2.44. The molecule has 0 bridgehead atoms. The molecule has 1 aromatic heterocycles. The van der Waals surface area contributed by atoms with E-state index < -0.39 is 0 Å². The molecule has 1 saturated heterocycles. The molecule has 1 fully saturated rings. The predicted molar refractivity (Wildman–Crippen MR) is 86.1 cm³/mol. The normalized spacial score (nSPS) is 19.1. The largest absolute Gasteiger partial charge is 0.378 e. The van der Waals surface area contributed by atoms with Crippen LogP contribution in [0.5, 0.6) is 0 Å². The SMILES string of the molecule is CC(C)CNCc1ccc(CN2CCOCC2(C)C)nc1. The fraction of sp³-hybridized carbons (Fsp3) is 0.706. The summed E-state index contributed by atoms with van der Waals surface area (Å²) in [5, 5.41) is 3.45. The van der Waals surface area contributed by atoms with E-state index in [1.54, 1.807) is 0 Å². The molecule has 1 N–H and O–H groups in total.